The molecule has 9 heteroatoms. The van der Waals surface area contributed by atoms with Gasteiger partial charge in [-0.1, -0.05) is 0 Å². The number of carboxylic acid groups (broad SMARTS) is 1. The van der Waals surface area contributed by atoms with Gasteiger partial charge < -0.3 is 9.52 Å². The van der Waals surface area contributed by atoms with Crippen molar-refractivity contribution in [3.8, 4) is 0 Å². The lowest BCUT2D eigenvalue weighted by molar-refractivity contribution is -0.182. The van der Waals surface area contributed by atoms with Crippen molar-refractivity contribution >= 4 is 5.97 Å². The maximum absolute atomic E-state index is 12.7. The Labute approximate surface area is 116 Å². The number of halogens is 5. The Bertz CT molecular complexity index is 517. The van der Waals surface area contributed by atoms with Crippen molar-refractivity contribution in [1.82, 2.24) is 4.98 Å². The summed E-state index contributed by atoms with van der Waals surface area (Å²) < 4.78 is 67.7. The third-order valence-corrected chi connectivity index (χ3v) is 3.61. The van der Waals surface area contributed by atoms with Gasteiger partial charge in [0.05, 0.1) is 5.92 Å². The van der Waals surface area contributed by atoms with E-state index in [2.05, 4.69) is 4.98 Å². The molecule has 0 amide bonds. The van der Waals surface area contributed by atoms with Crippen LogP contribution in [0.2, 0.25) is 0 Å². The number of oxazole rings is 1. The van der Waals surface area contributed by atoms with Gasteiger partial charge in [-0.25, -0.2) is 18.6 Å². The zero-order chi connectivity index (χ0) is 15.8. The first-order chi connectivity index (χ1) is 9.70. The second-order valence-electron chi connectivity index (χ2n) is 4.96. The van der Waals surface area contributed by atoms with Crippen LogP contribution in [0.1, 0.15) is 60.2 Å². The molecule has 21 heavy (non-hydrogen) atoms. The number of carboxylic acids is 1. The van der Waals surface area contributed by atoms with E-state index in [0.717, 1.165) is 0 Å². The molecule has 0 saturated heterocycles. The highest BCUT2D eigenvalue weighted by Gasteiger charge is 2.42. The van der Waals surface area contributed by atoms with E-state index in [1.165, 1.54) is 0 Å². The monoisotopic (exact) mass is 313 g/mol. The molecule has 4 nitrogen and oxygen atoms in total. The average molecular weight is 313 g/mol. The molecule has 1 heterocycles. The van der Waals surface area contributed by atoms with E-state index in [1.807, 2.05) is 0 Å². The topological polar surface area (TPSA) is 63.3 Å². The van der Waals surface area contributed by atoms with Gasteiger partial charge in [0.2, 0.25) is 5.76 Å². The summed E-state index contributed by atoms with van der Waals surface area (Å²) in [5.41, 5.74) is -0.976. The van der Waals surface area contributed by atoms with Gasteiger partial charge in [0, 0.05) is 5.92 Å². The summed E-state index contributed by atoms with van der Waals surface area (Å²) in [5, 5.41) is 8.76. The summed E-state index contributed by atoms with van der Waals surface area (Å²) >= 11 is 0. The first kappa shape index (κ1) is 15.7. The zero-order valence-corrected chi connectivity index (χ0v) is 10.7. The molecule has 1 aromatic rings. The number of aromatic carboxylic acids is 1. The van der Waals surface area contributed by atoms with E-state index in [1.54, 1.807) is 0 Å². The first-order valence-corrected chi connectivity index (χ1v) is 6.29. The van der Waals surface area contributed by atoms with E-state index >= 15 is 0 Å². The molecule has 1 N–H and O–H groups in total. The summed E-state index contributed by atoms with van der Waals surface area (Å²) in [6, 6.07) is 0. The summed E-state index contributed by atoms with van der Waals surface area (Å²) in [6.45, 7) is 0. The largest absolute Gasteiger partial charge is 0.475 e. The number of carbonyl (C=O) groups is 1. The molecule has 0 radical (unpaired) electrons. The highest BCUT2D eigenvalue weighted by Crippen LogP contribution is 2.43. The molecule has 1 aliphatic rings. The second kappa shape index (κ2) is 5.61. The Morgan fingerprint density at radius 1 is 1.24 bits per heavy atom. The van der Waals surface area contributed by atoms with Gasteiger partial charge in [0.1, 0.15) is 0 Å². The van der Waals surface area contributed by atoms with E-state index < -0.39 is 41.9 Å². The summed E-state index contributed by atoms with van der Waals surface area (Å²) in [6.07, 6.45) is -7.53. The number of rotatable bonds is 3. The van der Waals surface area contributed by atoms with Crippen LogP contribution in [0.3, 0.4) is 0 Å². The lowest BCUT2D eigenvalue weighted by Gasteiger charge is -2.28. The molecule has 118 valence electrons. The molecule has 2 rings (SSSR count). The van der Waals surface area contributed by atoms with Crippen LogP contribution in [-0.2, 0) is 0 Å². The Hall–Kier alpha value is -1.67. The van der Waals surface area contributed by atoms with Crippen LogP contribution in [0.5, 0.6) is 0 Å². The highest BCUT2D eigenvalue weighted by molar-refractivity contribution is 5.85. The predicted molar refractivity (Wildman–Crippen MR) is 59.2 cm³/mol. The van der Waals surface area contributed by atoms with Gasteiger partial charge in [0.25, 0.3) is 6.43 Å². The third kappa shape index (κ3) is 3.33. The fourth-order valence-electron chi connectivity index (χ4n) is 2.49. The van der Waals surface area contributed by atoms with Crippen molar-refractivity contribution in [2.75, 3.05) is 0 Å². The minimum atomic E-state index is -4.28. The second-order valence-corrected chi connectivity index (χ2v) is 4.96. The van der Waals surface area contributed by atoms with Crippen molar-refractivity contribution < 1.29 is 36.3 Å². The van der Waals surface area contributed by atoms with E-state index in [4.69, 9.17) is 9.52 Å². The molecule has 1 aromatic heterocycles. The highest BCUT2D eigenvalue weighted by atomic mass is 19.4. The van der Waals surface area contributed by atoms with E-state index in [-0.39, 0.29) is 31.6 Å². The van der Waals surface area contributed by atoms with E-state index in [0.29, 0.717) is 0 Å². The number of alkyl halides is 5. The lowest BCUT2D eigenvalue weighted by atomic mass is 9.81. The summed E-state index contributed by atoms with van der Waals surface area (Å²) in [5.74, 6) is -4.82. The van der Waals surface area contributed by atoms with Crippen LogP contribution in [0.4, 0.5) is 22.0 Å². The van der Waals surface area contributed by atoms with Crippen LogP contribution >= 0.6 is 0 Å². The molecule has 0 atom stereocenters. The summed E-state index contributed by atoms with van der Waals surface area (Å²) in [7, 11) is 0. The average Bonchev–Trinajstić information content (AvgIpc) is 2.83. The predicted octanol–water partition coefficient (Wildman–Crippen LogP) is 4.15. The third-order valence-electron chi connectivity index (χ3n) is 3.61. The molecule has 1 saturated carbocycles. The van der Waals surface area contributed by atoms with Crippen molar-refractivity contribution in [1.29, 1.82) is 0 Å². The fraction of sp³-hybridized carbons (Fsp3) is 0.667. The van der Waals surface area contributed by atoms with Crippen LogP contribution in [0, 0.1) is 5.92 Å². The molecule has 0 aliphatic heterocycles. The maximum atomic E-state index is 12.7. The van der Waals surface area contributed by atoms with Gasteiger partial charge in [-0.15, -0.1) is 0 Å². The minimum absolute atomic E-state index is 0.0758. The van der Waals surface area contributed by atoms with Crippen molar-refractivity contribution in [3.05, 3.63) is 17.3 Å². The van der Waals surface area contributed by atoms with Crippen LogP contribution in [0.25, 0.3) is 0 Å². The molecule has 1 aliphatic carbocycles. The zero-order valence-electron chi connectivity index (χ0n) is 10.7. The van der Waals surface area contributed by atoms with Gasteiger partial charge in [-0.05, 0) is 25.7 Å². The quantitative estimate of drug-likeness (QED) is 0.852. The van der Waals surface area contributed by atoms with Crippen LogP contribution < -0.4 is 0 Å². The minimum Gasteiger partial charge on any atom is -0.475 e. The molecule has 0 aromatic carbocycles. The molecule has 0 spiro atoms. The molecule has 1 fully saturated rings. The maximum Gasteiger partial charge on any atom is 0.391 e. The van der Waals surface area contributed by atoms with Gasteiger partial charge in [0.15, 0.2) is 11.6 Å². The smallest absolute Gasteiger partial charge is 0.391 e. The Morgan fingerprint density at radius 2 is 1.81 bits per heavy atom. The Kier molecular flexibility index (Phi) is 4.20. The van der Waals surface area contributed by atoms with Crippen molar-refractivity contribution in [2.45, 2.75) is 44.2 Å². The van der Waals surface area contributed by atoms with Crippen molar-refractivity contribution in [2.24, 2.45) is 5.92 Å². The summed E-state index contributed by atoms with van der Waals surface area (Å²) in [4.78, 5) is 14.3. The molecular formula is C12H12F5NO3. The van der Waals surface area contributed by atoms with Crippen LogP contribution in [0.15, 0.2) is 4.42 Å². The Balaban J connectivity index is 2.14. The normalized spacial score (nSPS) is 23.5. The standard InChI is InChI=1S/C12H12F5NO3/c13-9(14)7-8(11(19)20)21-10(18-7)5-1-3-6(4-2-5)12(15,16)17/h5-6,9H,1-4H2,(H,19,20). The number of nitrogens with zero attached hydrogens (tertiary/aromatic N) is 1. The number of hydrogen-bond acceptors (Lipinski definition) is 3. The molecule has 0 unspecified atom stereocenters. The van der Waals surface area contributed by atoms with Crippen LogP contribution in [-0.4, -0.2) is 22.2 Å². The number of aromatic nitrogens is 1. The van der Waals surface area contributed by atoms with Gasteiger partial charge in [-0.2, -0.15) is 13.2 Å². The fourth-order valence-corrected chi connectivity index (χ4v) is 2.49. The van der Waals surface area contributed by atoms with Gasteiger partial charge in [-0.3, -0.25) is 0 Å². The van der Waals surface area contributed by atoms with Gasteiger partial charge >= 0.3 is 12.1 Å². The molecule has 0 bridgehead atoms. The SMILES string of the molecule is O=C(O)c1oc(C2CCC(C(F)(F)F)CC2)nc1C(F)F. The first-order valence-electron chi connectivity index (χ1n) is 6.29. The Morgan fingerprint density at radius 3 is 2.19 bits per heavy atom. The number of hydrogen-bond donors (Lipinski definition) is 1. The molecular weight excluding hydrogens is 301 g/mol. The van der Waals surface area contributed by atoms with Crippen molar-refractivity contribution in [3.63, 3.8) is 0 Å². The lowest BCUT2D eigenvalue weighted by Crippen LogP contribution is -2.27. The van der Waals surface area contributed by atoms with E-state index in [9.17, 15) is 26.7 Å².